The Hall–Kier alpha value is -2.05. The van der Waals surface area contributed by atoms with Crippen molar-refractivity contribution in [2.24, 2.45) is 0 Å². The Kier molecular flexibility index (Phi) is 6.67. The van der Waals surface area contributed by atoms with Crippen LogP contribution in [0.15, 0.2) is 48.5 Å². The molecular formula is C19H23ClN2O3S. The number of halogens is 1. The standard InChI is InChI=1S/C19H23ClN2O3S/c1-14(9-10-15-7-5-4-6-8-15)21-19(23)17-13-16(11-12-18(17)20)22(2)26(3,24)25/h4-8,11-14H,9-10H2,1-3H3,(H,21,23)/t14-/m0/s1. The van der Waals surface area contributed by atoms with E-state index in [1.54, 1.807) is 6.07 Å². The van der Waals surface area contributed by atoms with Gasteiger partial charge in [-0.3, -0.25) is 9.10 Å². The van der Waals surface area contributed by atoms with Crippen molar-refractivity contribution < 1.29 is 13.2 Å². The lowest BCUT2D eigenvalue weighted by molar-refractivity contribution is 0.0938. The average Bonchev–Trinajstić information content (AvgIpc) is 2.59. The Morgan fingerprint density at radius 2 is 1.85 bits per heavy atom. The molecule has 2 aromatic carbocycles. The van der Waals surface area contributed by atoms with Crippen molar-refractivity contribution in [1.82, 2.24) is 5.32 Å². The Morgan fingerprint density at radius 1 is 1.19 bits per heavy atom. The van der Waals surface area contributed by atoms with Gasteiger partial charge in [0.25, 0.3) is 5.91 Å². The quantitative estimate of drug-likeness (QED) is 0.781. The Labute approximate surface area is 160 Å². The molecule has 7 heteroatoms. The Bertz CT molecular complexity index is 870. The first kappa shape index (κ1) is 20.3. The van der Waals surface area contributed by atoms with Gasteiger partial charge in [0.15, 0.2) is 0 Å². The van der Waals surface area contributed by atoms with Crippen molar-refractivity contribution in [2.75, 3.05) is 17.6 Å². The van der Waals surface area contributed by atoms with Crippen LogP contribution < -0.4 is 9.62 Å². The van der Waals surface area contributed by atoms with Crippen LogP contribution in [0.3, 0.4) is 0 Å². The summed E-state index contributed by atoms with van der Waals surface area (Å²) in [6.07, 6.45) is 2.75. The first-order valence-electron chi connectivity index (χ1n) is 8.26. The number of aryl methyl sites for hydroxylation is 1. The van der Waals surface area contributed by atoms with E-state index in [9.17, 15) is 13.2 Å². The number of rotatable bonds is 7. The highest BCUT2D eigenvalue weighted by Gasteiger charge is 2.18. The fraction of sp³-hybridized carbons (Fsp3) is 0.316. The molecule has 0 aliphatic heterocycles. The lowest BCUT2D eigenvalue weighted by atomic mass is 10.1. The number of benzene rings is 2. The van der Waals surface area contributed by atoms with E-state index in [-0.39, 0.29) is 22.5 Å². The average molecular weight is 395 g/mol. The topological polar surface area (TPSA) is 66.5 Å². The van der Waals surface area contributed by atoms with Gasteiger partial charge in [0.1, 0.15) is 0 Å². The predicted octanol–water partition coefficient (Wildman–Crippen LogP) is 3.49. The number of amides is 1. The zero-order valence-electron chi connectivity index (χ0n) is 15.1. The van der Waals surface area contributed by atoms with Gasteiger partial charge in [-0.05, 0) is 43.5 Å². The number of nitrogens with zero attached hydrogens (tertiary/aromatic N) is 1. The Morgan fingerprint density at radius 3 is 2.46 bits per heavy atom. The largest absolute Gasteiger partial charge is 0.350 e. The summed E-state index contributed by atoms with van der Waals surface area (Å²) in [6, 6.07) is 14.6. The third kappa shape index (κ3) is 5.47. The van der Waals surface area contributed by atoms with Crippen molar-refractivity contribution in [3.05, 3.63) is 64.7 Å². The van der Waals surface area contributed by atoms with Crippen LogP contribution in [0.5, 0.6) is 0 Å². The molecule has 0 bridgehead atoms. The number of sulfonamides is 1. The highest BCUT2D eigenvalue weighted by molar-refractivity contribution is 7.92. The van der Waals surface area contributed by atoms with Crippen LogP contribution in [-0.4, -0.2) is 33.7 Å². The number of hydrogen-bond acceptors (Lipinski definition) is 3. The van der Waals surface area contributed by atoms with Gasteiger partial charge in [-0.25, -0.2) is 8.42 Å². The molecule has 0 radical (unpaired) electrons. The summed E-state index contributed by atoms with van der Waals surface area (Å²) < 4.78 is 24.5. The third-order valence-corrected chi connectivity index (χ3v) is 5.68. The van der Waals surface area contributed by atoms with Gasteiger partial charge in [-0.15, -0.1) is 0 Å². The van der Waals surface area contributed by atoms with Gasteiger partial charge in [-0.2, -0.15) is 0 Å². The fourth-order valence-electron chi connectivity index (χ4n) is 2.48. The molecule has 140 valence electrons. The summed E-state index contributed by atoms with van der Waals surface area (Å²) >= 11 is 6.14. The van der Waals surface area contributed by atoms with E-state index >= 15 is 0 Å². The minimum Gasteiger partial charge on any atom is -0.350 e. The van der Waals surface area contributed by atoms with Gasteiger partial charge in [0, 0.05) is 13.1 Å². The number of anilines is 1. The van der Waals surface area contributed by atoms with E-state index in [2.05, 4.69) is 17.4 Å². The van der Waals surface area contributed by atoms with Gasteiger partial charge >= 0.3 is 0 Å². The second-order valence-corrected chi connectivity index (χ2v) is 8.71. The first-order chi connectivity index (χ1) is 12.2. The minimum absolute atomic E-state index is 0.0462. The lowest BCUT2D eigenvalue weighted by Crippen LogP contribution is -2.33. The number of hydrogen-bond donors (Lipinski definition) is 1. The number of nitrogens with one attached hydrogen (secondary N) is 1. The molecule has 0 saturated heterocycles. The molecule has 0 saturated carbocycles. The maximum Gasteiger partial charge on any atom is 0.253 e. The van der Waals surface area contributed by atoms with Gasteiger partial charge in [0.05, 0.1) is 22.5 Å². The molecule has 2 rings (SSSR count). The van der Waals surface area contributed by atoms with E-state index in [1.165, 1.54) is 24.7 Å². The zero-order valence-corrected chi connectivity index (χ0v) is 16.6. The maximum atomic E-state index is 12.5. The summed E-state index contributed by atoms with van der Waals surface area (Å²) in [5.74, 6) is -0.320. The van der Waals surface area contributed by atoms with Crippen LogP contribution in [0.1, 0.15) is 29.3 Å². The molecule has 0 aliphatic carbocycles. The zero-order chi connectivity index (χ0) is 19.3. The van der Waals surface area contributed by atoms with Gasteiger partial charge in [-0.1, -0.05) is 41.9 Å². The van der Waals surface area contributed by atoms with Crippen molar-refractivity contribution in [2.45, 2.75) is 25.8 Å². The molecule has 1 atom stereocenters. The molecular weight excluding hydrogens is 372 g/mol. The molecule has 0 aromatic heterocycles. The summed E-state index contributed by atoms with van der Waals surface area (Å²) in [6.45, 7) is 1.93. The molecule has 2 aromatic rings. The molecule has 1 amide bonds. The second kappa shape index (κ2) is 8.56. The number of carbonyl (C=O) groups is 1. The van der Waals surface area contributed by atoms with Crippen molar-refractivity contribution >= 4 is 33.2 Å². The molecule has 0 aliphatic rings. The second-order valence-electron chi connectivity index (χ2n) is 6.29. The van der Waals surface area contributed by atoms with Crippen molar-refractivity contribution in [1.29, 1.82) is 0 Å². The van der Waals surface area contributed by atoms with Gasteiger partial charge < -0.3 is 5.32 Å². The normalized spacial score (nSPS) is 12.5. The van der Waals surface area contributed by atoms with Crippen molar-refractivity contribution in [3.63, 3.8) is 0 Å². The van der Waals surface area contributed by atoms with Crippen LogP contribution in [0, 0.1) is 0 Å². The van der Waals surface area contributed by atoms with Crippen LogP contribution in [0.25, 0.3) is 0 Å². The molecule has 0 spiro atoms. The third-order valence-electron chi connectivity index (χ3n) is 4.14. The summed E-state index contributed by atoms with van der Waals surface area (Å²) in [5, 5.41) is 3.20. The smallest absolute Gasteiger partial charge is 0.253 e. The molecule has 0 heterocycles. The van der Waals surface area contributed by atoms with Crippen LogP contribution in [0.4, 0.5) is 5.69 Å². The first-order valence-corrected chi connectivity index (χ1v) is 10.5. The Balaban J connectivity index is 2.06. The lowest BCUT2D eigenvalue weighted by Gasteiger charge is -2.19. The summed E-state index contributed by atoms with van der Waals surface area (Å²) in [4.78, 5) is 12.5. The molecule has 26 heavy (non-hydrogen) atoms. The highest BCUT2D eigenvalue weighted by atomic mass is 35.5. The van der Waals surface area contributed by atoms with E-state index < -0.39 is 10.0 Å². The molecule has 0 fully saturated rings. The molecule has 0 unspecified atom stereocenters. The predicted molar refractivity (Wildman–Crippen MR) is 106 cm³/mol. The van der Waals surface area contributed by atoms with Crippen LogP contribution in [0.2, 0.25) is 5.02 Å². The van der Waals surface area contributed by atoms with Gasteiger partial charge in [0.2, 0.25) is 10.0 Å². The van der Waals surface area contributed by atoms with Crippen LogP contribution >= 0.6 is 11.6 Å². The van der Waals surface area contributed by atoms with E-state index in [1.807, 2.05) is 25.1 Å². The summed E-state index contributed by atoms with van der Waals surface area (Å²) in [7, 11) is -1.98. The molecule has 1 N–H and O–H groups in total. The minimum atomic E-state index is -3.41. The van der Waals surface area contributed by atoms with Crippen molar-refractivity contribution in [3.8, 4) is 0 Å². The fourth-order valence-corrected chi connectivity index (χ4v) is 3.18. The SMILES string of the molecule is C[C@@H](CCc1ccccc1)NC(=O)c1cc(N(C)S(C)(=O)=O)ccc1Cl. The van der Waals surface area contributed by atoms with E-state index in [0.29, 0.717) is 5.69 Å². The molecule has 5 nitrogen and oxygen atoms in total. The monoisotopic (exact) mass is 394 g/mol. The number of carbonyl (C=O) groups excluding carboxylic acids is 1. The van der Waals surface area contributed by atoms with Crippen LogP contribution in [-0.2, 0) is 16.4 Å². The maximum absolute atomic E-state index is 12.5. The van der Waals surface area contributed by atoms with E-state index in [4.69, 9.17) is 11.6 Å². The van der Waals surface area contributed by atoms with E-state index in [0.717, 1.165) is 23.4 Å². The summed E-state index contributed by atoms with van der Waals surface area (Å²) in [5.41, 5.74) is 1.86. The highest BCUT2D eigenvalue weighted by Crippen LogP contribution is 2.24.